The van der Waals surface area contributed by atoms with Gasteiger partial charge in [0.05, 0.1) is 11.9 Å². The Hall–Kier alpha value is -2.34. The van der Waals surface area contributed by atoms with Crippen LogP contribution >= 0.6 is 0 Å². The Balaban J connectivity index is 2.44. The lowest BCUT2D eigenvalue weighted by molar-refractivity contribution is 0.0796. The van der Waals surface area contributed by atoms with Crippen LogP contribution in [0, 0.1) is 0 Å². The van der Waals surface area contributed by atoms with Gasteiger partial charge in [0.25, 0.3) is 5.91 Å². The molecule has 17 heavy (non-hydrogen) atoms. The van der Waals surface area contributed by atoms with Crippen molar-refractivity contribution in [3.8, 4) is 5.69 Å². The van der Waals surface area contributed by atoms with E-state index < -0.39 is 0 Å². The zero-order valence-corrected chi connectivity index (χ0v) is 9.37. The molecule has 1 heterocycles. The van der Waals surface area contributed by atoms with Gasteiger partial charge < -0.3 is 5.73 Å². The minimum Gasteiger partial charge on any atom is -0.383 e. The molecule has 1 aromatic heterocycles. The fourth-order valence-electron chi connectivity index (χ4n) is 1.49. The molecule has 1 aromatic carbocycles. The summed E-state index contributed by atoms with van der Waals surface area (Å²) < 4.78 is 1.50. The molecule has 0 aliphatic heterocycles. The van der Waals surface area contributed by atoms with Gasteiger partial charge in [0.15, 0.2) is 0 Å². The summed E-state index contributed by atoms with van der Waals surface area (Å²) in [6.45, 7) is 0. The second-order valence-corrected chi connectivity index (χ2v) is 3.61. The van der Waals surface area contributed by atoms with Crippen molar-refractivity contribution >= 4 is 11.7 Å². The van der Waals surface area contributed by atoms with Gasteiger partial charge in [-0.25, -0.2) is 10.5 Å². The van der Waals surface area contributed by atoms with Gasteiger partial charge in [-0.3, -0.25) is 9.80 Å². The Morgan fingerprint density at radius 2 is 2.00 bits per heavy atom. The highest BCUT2D eigenvalue weighted by molar-refractivity contribution is 5.97. The van der Waals surface area contributed by atoms with E-state index in [1.165, 1.54) is 17.9 Å². The standard InChI is InChI=1S/C11H13N5O/c1-15(13)11(17)9-7-14-16(10(9)12)8-5-3-2-4-6-8/h2-7H,12-13H2,1H3. The average Bonchev–Trinajstić information content (AvgIpc) is 2.71. The van der Waals surface area contributed by atoms with Crippen molar-refractivity contribution in [1.82, 2.24) is 14.8 Å². The van der Waals surface area contributed by atoms with Crippen LogP contribution in [0.5, 0.6) is 0 Å². The molecular weight excluding hydrogens is 218 g/mol. The maximum absolute atomic E-state index is 11.7. The molecule has 2 aromatic rings. The van der Waals surface area contributed by atoms with E-state index in [2.05, 4.69) is 5.10 Å². The molecule has 0 radical (unpaired) electrons. The van der Waals surface area contributed by atoms with E-state index >= 15 is 0 Å². The Kier molecular flexibility index (Phi) is 2.80. The van der Waals surface area contributed by atoms with Crippen molar-refractivity contribution in [3.05, 3.63) is 42.1 Å². The number of hydrazine groups is 1. The summed E-state index contributed by atoms with van der Waals surface area (Å²) in [5, 5.41) is 5.05. The largest absolute Gasteiger partial charge is 0.383 e. The molecule has 88 valence electrons. The molecule has 4 N–H and O–H groups in total. The number of nitrogens with two attached hydrogens (primary N) is 2. The second kappa shape index (κ2) is 4.26. The number of benzene rings is 1. The Bertz CT molecular complexity index is 532. The number of carbonyl (C=O) groups excluding carboxylic acids is 1. The SMILES string of the molecule is CN(N)C(=O)c1cnn(-c2ccccc2)c1N. The van der Waals surface area contributed by atoms with E-state index in [1.807, 2.05) is 30.3 Å². The third-order valence-corrected chi connectivity index (χ3v) is 2.36. The number of aromatic nitrogens is 2. The molecule has 0 aliphatic carbocycles. The number of rotatable bonds is 2. The number of carbonyl (C=O) groups is 1. The summed E-state index contributed by atoms with van der Waals surface area (Å²) in [4.78, 5) is 11.7. The first kappa shape index (κ1) is 11.2. The van der Waals surface area contributed by atoms with Crippen molar-refractivity contribution in [2.45, 2.75) is 0 Å². The Morgan fingerprint density at radius 1 is 1.35 bits per heavy atom. The van der Waals surface area contributed by atoms with Gasteiger partial charge in [-0.15, -0.1) is 0 Å². The first-order chi connectivity index (χ1) is 8.11. The average molecular weight is 231 g/mol. The van der Waals surface area contributed by atoms with Crippen LogP contribution in [-0.4, -0.2) is 27.7 Å². The lowest BCUT2D eigenvalue weighted by Crippen LogP contribution is -2.33. The second-order valence-electron chi connectivity index (χ2n) is 3.61. The molecule has 0 fully saturated rings. The topological polar surface area (TPSA) is 90.2 Å². The lowest BCUT2D eigenvalue weighted by Gasteiger charge is -2.09. The third-order valence-electron chi connectivity index (χ3n) is 2.36. The van der Waals surface area contributed by atoms with E-state index in [1.54, 1.807) is 0 Å². The quantitative estimate of drug-likeness (QED) is 0.444. The minimum atomic E-state index is -0.371. The van der Waals surface area contributed by atoms with Crippen LogP contribution < -0.4 is 11.6 Å². The molecule has 0 saturated carbocycles. The number of para-hydroxylation sites is 1. The first-order valence-electron chi connectivity index (χ1n) is 5.03. The minimum absolute atomic E-state index is 0.276. The summed E-state index contributed by atoms with van der Waals surface area (Å²) in [6, 6.07) is 9.33. The molecule has 6 heteroatoms. The van der Waals surface area contributed by atoms with Gasteiger partial charge in [-0.2, -0.15) is 5.10 Å². The summed E-state index contributed by atoms with van der Waals surface area (Å²) >= 11 is 0. The summed E-state index contributed by atoms with van der Waals surface area (Å²) in [5.41, 5.74) is 6.96. The molecule has 0 aliphatic rings. The number of amides is 1. The molecule has 0 atom stereocenters. The van der Waals surface area contributed by atoms with E-state index in [4.69, 9.17) is 11.6 Å². The number of nitrogen functional groups attached to an aromatic ring is 1. The molecular formula is C11H13N5O. The van der Waals surface area contributed by atoms with Crippen molar-refractivity contribution in [2.75, 3.05) is 12.8 Å². The highest BCUT2D eigenvalue weighted by atomic mass is 16.2. The van der Waals surface area contributed by atoms with Gasteiger partial charge >= 0.3 is 0 Å². The van der Waals surface area contributed by atoms with Gasteiger partial charge in [0.1, 0.15) is 11.4 Å². The summed E-state index contributed by atoms with van der Waals surface area (Å²) in [5.74, 6) is 5.28. The Morgan fingerprint density at radius 3 is 2.59 bits per heavy atom. The van der Waals surface area contributed by atoms with Crippen molar-refractivity contribution in [2.24, 2.45) is 5.84 Å². The first-order valence-corrected chi connectivity index (χ1v) is 5.03. The molecule has 0 saturated heterocycles. The summed E-state index contributed by atoms with van der Waals surface area (Å²) in [6.07, 6.45) is 1.41. The highest BCUT2D eigenvalue weighted by Gasteiger charge is 2.17. The number of nitrogens with zero attached hydrogens (tertiary/aromatic N) is 3. The van der Waals surface area contributed by atoms with E-state index in [0.717, 1.165) is 10.7 Å². The van der Waals surface area contributed by atoms with E-state index in [0.29, 0.717) is 5.56 Å². The van der Waals surface area contributed by atoms with Crippen LogP contribution in [0.2, 0.25) is 0 Å². The predicted octanol–water partition coefficient (Wildman–Crippen LogP) is 0.400. The zero-order chi connectivity index (χ0) is 12.4. The van der Waals surface area contributed by atoms with Crippen molar-refractivity contribution < 1.29 is 4.79 Å². The van der Waals surface area contributed by atoms with Crippen molar-refractivity contribution in [1.29, 1.82) is 0 Å². The van der Waals surface area contributed by atoms with Crippen LogP contribution in [0.25, 0.3) is 5.69 Å². The maximum Gasteiger partial charge on any atom is 0.272 e. The van der Waals surface area contributed by atoms with E-state index in [9.17, 15) is 4.79 Å². The summed E-state index contributed by atoms with van der Waals surface area (Å²) in [7, 11) is 1.46. The van der Waals surface area contributed by atoms with Crippen LogP contribution in [0.3, 0.4) is 0 Å². The molecule has 0 bridgehead atoms. The van der Waals surface area contributed by atoms with Gasteiger partial charge in [0.2, 0.25) is 0 Å². The maximum atomic E-state index is 11.7. The fourth-order valence-corrected chi connectivity index (χ4v) is 1.49. The van der Waals surface area contributed by atoms with E-state index in [-0.39, 0.29) is 11.7 Å². The normalized spacial score (nSPS) is 10.2. The van der Waals surface area contributed by atoms with Gasteiger partial charge in [-0.05, 0) is 12.1 Å². The number of hydrogen-bond acceptors (Lipinski definition) is 4. The smallest absolute Gasteiger partial charge is 0.272 e. The number of anilines is 1. The third kappa shape index (κ3) is 1.98. The fraction of sp³-hybridized carbons (Fsp3) is 0.0909. The van der Waals surface area contributed by atoms with Crippen molar-refractivity contribution in [3.63, 3.8) is 0 Å². The molecule has 0 spiro atoms. The number of hydrogen-bond donors (Lipinski definition) is 2. The van der Waals surface area contributed by atoms with Crippen LogP contribution in [0.4, 0.5) is 5.82 Å². The van der Waals surface area contributed by atoms with Crippen LogP contribution in [0.1, 0.15) is 10.4 Å². The predicted molar refractivity (Wildman–Crippen MR) is 64.3 cm³/mol. The monoisotopic (exact) mass is 231 g/mol. The van der Waals surface area contributed by atoms with Gasteiger partial charge in [0, 0.05) is 7.05 Å². The molecule has 6 nitrogen and oxygen atoms in total. The Labute approximate surface area is 98.4 Å². The molecule has 1 amide bonds. The molecule has 0 unspecified atom stereocenters. The lowest BCUT2D eigenvalue weighted by atomic mass is 10.3. The van der Waals surface area contributed by atoms with Crippen LogP contribution in [-0.2, 0) is 0 Å². The van der Waals surface area contributed by atoms with Crippen LogP contribution in [0.15, 0.2) is 36.5 Å². The zero-order valence-electron chi connectivity index (χ0n) is 9.37. The molecule has 2 rings (SSSR count). The highest BCUT2D eigenvalue weighted by Crippen LogP contribution is 2.17. The van der Waals surface area contributed by atoms with Gasteiger partial charge in [-0.1, -0.05) is 18.2 Å².